The molecular formula is C18H14Br2N2O2S. The van der Waals surface area contributed by atoms with Crippen molar-refractivity contribution in [3.63, 3.8) is 0 Å². The van der Waals surface area contributed by atoms with E-state index in [0.717, 1.165) is 25.8 Å². The van der Waals surface area contributed by atoms with Gasteiger partial charge in [0.15, 0.2) is 5.17 Å². The van der Waals surface area contributed by atoms with Gasteiger partial charge in [0.05, 0.1) is 22.2 Å². The molecule has 1 fully saturated rings. The van der Waals surface area contributed by atoms with Crippen LogP contribution in [-0.2, 0) is 4.79 Å². The molecule has 0 radical (unpaired) electrons. The van der Waals surface area contributed by atoms with Crippen molar-refractivity contribution in [3.8, 4) is 5.75 Å². The number of nitrogens with zero attached hydrogens (tertiary/aromatic N) is 1. The number of para-hydroxylation sites is 1. The third-order valence-electron chi connectivity index (χ3n) is 3.52. The molecule has 7 heteroatoms. The van der Waals surface area contributed by atoms with Crippen LogP contribution < -0.4 is 10.1 Å². The summed E-state index contributed by atoms with van der Waals surface area (Å²) in [6.45, 7) is 1.99. The second kappa shape index (κ2) is 7.76. The number of thioether (sulfide) groups is 1. The first-order valence-electron chi connectivity index (χ1n) is 7.36. The summed E-state index contributed by atoms with van der Waals surface area (Å²) in [6, 6.07) is 11.6. The lowest BCUT2D eigenvalue weighted by Crippen LogP contribution is -2.19. The van der Waals surface area contributed by atoms with E-state index >= 15 is 0 Å². The highest BCUT2D eigenvalue weighted by atomic mass is 79.9. The summed E-state index contributed by atoms with van der Waals surface area (Å²) in [4.78, 5) is 17.4. The minimum absolute atomic E-state index is 0.171. The zero-order chi connectivity index (χ0) is 18.0. The standard InChI is InChI=1S/C18H14Br2N2O2S/c1-10-5-3-4-6-14(10)21-18-22-17(23)15(25-18)8-11-7-12(19)9-13(20)16(11)24-2/h3-9H,1-2H3,(H,21,22,23)/b15-8-. The minimum Gasteiger partial charge on any atom is -0.495 e. The molecule has 0 spiro atoms. The second-order valence-corrected chi connectivity index (χ2v) is 8.08. The van der Waals surface area contributed by atoms with Gasteiger partial charge in [-0.1, -0.05) is 34.1 Å². The predicted molar refractivity (Wildman–Crippen MR) is 110 cm³/mol. The predicted octanol–water partition coefficient (Wildman–Crippen LogP) is 5.42. The summed E-state index contributed by atoms with van der Waals surface area (Å²) in [5.74, 6) is 0.504. The van der Waals surface area contributed by atoms with E-state index in [0.29, 0.717) is 15.8 Å². The van der Waals surface area contributed by atoms with Gasteiger partial charge in [0.25, 0.3) is 5.91 Å². The van der Waals surface area contributed by atoms with Crippen molar-refractivity contribution in [2.24, 2.45) is 4.99 Å². The number of amidine groups is 1. The molecule has 1 aliphatic heterocycles. The number of carbonyl (C=O) groups is 1. The van der Waals surface area contributed by atoms with Crippen LogP contribution in [0.5, 0.6) is 5.75 Å². The molecule has 2 aromatic rings. The monoisotopic (exact) mass is 480 g/mol. The molecule has 0 aliphatic carbocycles. The Morgan fingerprint density at radius 3 is 2.72 bits per heavy atom. The molecule has 0 saturated carbocycles. The zero-order valence-electron chi connectivity index (χ0n) is 13.5. The Balaban J connectivity index is 1.94. The lowest BCUT2D eigenvalue weighted by atomic mass is 10.2. The maximum absolute atomic E-state index is 12.3. The maximum Gasteiger partial charge on any atom is 0.264 e. The van der Waals surface area contributed by atoms with Crippen molar-refractivity contribution in [2.75, 3.05) is 7.11 Å². The average Bonchev–Trinajstić information content (AvgIpc) is 2.89. The van der Waals surface area contributed by atoms with Gasteiger partial charge in [-0.3, -0.25) is 4.79 Å². The van der Waals surface area contributed by atoms with Gasteiger partial charge in [0.2, 0.25) is 0 Å². The summed E-state index contributed by atoms with van der Waals surface area (Å²) in [5.41, 5.74) is 2.70. The zero-order valence-corrected chi connectivity index (χ0v) is 17.5. The molecule has 25 heavy (non-hydrogen) atoms. The number of hydrogen-bond donors (Lipinski definition) is 1. The van der Waals surface area contributed by atoms with E-state index in [1.807, 2.05) is 43.3 Å². The Kier molecular flexibility index (Phi) is 5.66. The number of carbonyl (C=O) groups excluding carboxylic acids is 1. The first kappa shape index (κ1) is 18.2. The molecule has 1 heterocycles. The molecule has 1 N–H and O–H groups in total. The molecule has 3 rings (SSSR count). The quantitative estimate of drug-likeness (QED) is 0.595. The molecule has 2 aromatic carbocycles. The van der Waals surface area contributed by atoms with Gasteiger partial charge >= 0.3 is 0 Å². The van der Waals surface area contributed by atoms with Gasteiger partial charge in [-0.05, 0) is 64.5 Å². The normalized spacial score (nSPS) is 17.2. The van der Waals surface area contributed by atoms with Crippen LogP contribution in [0.15, 0.2) is 55.2 Å². The molecule has 1 amide bonds. The van der Waals surface area contributed by atoms with Crippen molar-refractivity contribution in [3.05, 3.63) is 61.4 Å². The molecule has 4 nitrogen and oxygen atoms in total. The van der Waals surface area contributed by atoms with Crippen LogP contribution in [0.25, 0.3) is 6.08 Å². The number of rotatable bonds is 3. The van der Waals surface area contributed by atoms with E-state index in [1.54, 1.807) is 13.2 Å². The Morgan fingerprint density at radius 2 is 2.00 bits per heavy atom. The molecular weight excluding hydrogens is 468 g/mol. The van der Waals surface area contributed by atoms with E-state index < -0.39 is 0 Å². The van der Waals surface area contributed by atoms with Crippen molar-refractivity contribution >= 4 is 66.5 Å². The van der Waals surface area contributed by atoms with Crippen LogP contribution in [0.2, 0.25) is 0 Å². The number of halogens is 2. The van der Waals surface area contributed by atoms with Crippen LogP contribution in [-0.4, -0.2) is 18.2 Å². The van der Waals surface area contributed by atoms with Crippen LogP contribution >= 0.6 is 43.6 Å². The first-order chi connectivity index (χ1) is 12.0. The fourth-order valence-electron chi connectivity index (χ4n) is 2.32. The first-order valence-corrected chi connectivity index (χ1v) is 9.76. The van der Waals surface area contributed by atoms with E-state index in [9.17, 15) is 4.79 Å². The number of hydrogen-bond acceptors (Lipinski definition) is 4. The van der Waals surface area contributed by atoms with E-state index in [1.165, 1.54) is 11.8 Å². The number of amides is 1. The van der Waals surface area contributed by atoms with Crippen LogP contribution in [0, 0.1) is 6.92 Å². The van der Waals surface area contributed by atoms with Gasteiger partial charge in [0.1, 0.15) is 5.75 Å². The maximum atomic E-state index is 12.3. The SMILES string of the molecule is COc1c(Br)cc(Br)cc1/C=C1\SC(=Nc2ccccc2C)NC1=O. The number of aliphatic imine (C=N–C) groups is 1. The van der Waals surface area contributed by atoms with E-state index in [-0.39, 0.29) is 5.91 Å². The van der Waals surface area contributed by atoms with Crippen LogP contribution in [0.4, 0.5) is 5.69 Å². The van der Waals surface area contributed by atoms with Gasteiger partial charge in [-0.25, -0.2) is 4.99 Å². The highest BCUT2D eigenvalue weighted by Gasteiger charge is 2.24. The molecule has 128 valence electrons. The molecule has 0 unspecified atom stereocenters. The van der Waals surface area contributed by atoms with Gasteiger partial charge in [-0.15, -0.1) is 0 Å². The van der Waals surface area contributed by atoms with E-state index in [2.05, 4.69) is 42.2 Å². The van der Waals surface area contributed by atoms with Crippen LogP contribution in [0.3, 0.4) is 0 Å². The second-order valence-electron chi connectivity index (χ2n) is 5.28. The number of ether oxygens (including phenoxy) is 1. The fraction of sp³-hybridized carbons (Fsp3) is 0.111. The molecule has 0 bridgehead atoms. The molecule has 0 aromatic heterocycles. The topological polar surface area (TPSA) is 50.7 Å². The third kappa shape index (κ3) is 4.16. The van der Waals surface area contributed by atoms with Crippen molar-refractivity contribution < 1.29 is 9.53 Å². The number of nitrogens with one attached hydrogen (secondary N) is 1. The molecule has 0 atom stereocenters. The summed E-state index contributed by atoms with van der Waals surface area (Å²) in [5, 5.41) is 3.38. The third-order valence-corrected chi connectivity index (χ3v) is 5.47. The lowest BCUT2D eigenvalue weighted by Gasteiger charge is -2.08. The lowest BCUT2D eigenvalue weighted by molar-refractivity contribution is -0.115. The minimum atomic E-state index is -0.171. The highest BCUT2D eigenvalue weighted by Crippen LogP contribution is 2.36. The Hall–Kier alpha value is -1.57. The number of benzene rings is 2. The van der Waals surface area contributed by atoms with Gasteiger partial charge in [-0.2, -0.15) is 0 Å². The van der Waals surface area contributed by atoms with Crippen LogP contribution in [0.1, 0.15) is 11.1 Å². The Labute approximate surface area is 167 Å². The molecule has 1 aliphatic rings. The average molecular weight is 482 g/mol. The molecule has 1 saturated heterocycles. The smallest absolute Gasteiger partial charge is 0.264 e. The Morgan fingerprint density at radius 1 is 1.24 bits per heavy atom. The highest BCUT2D eigenvalue weighted by molar-refractivity contribution is 9.11. The Bertz CT molecular complexity index is 910. The summed E-state index contributed by atoms with van der Waals surface area (Å²) in [7, 11) is 1.60. The largest absolute Gasteiger partial charge is 0.495 e. The summed E-state index contributed by atoms with van der Waals surface area (Å²) >= 11 is 8.24. The summed E-state index contributed by atoms with van der Waals surface area (Å²) < 4.78 is 7.14. The van der Waals surface area contributed by atoms with Crippen molar-refractivity contribution in [1.82, 2.24) is 5.32 Å². The van der Waals surface area contributed by atoms with Crippen molar-refractivity contribution in [2.45, 2.75) is 6.92 Å². The van der Waals surface area contributed by atoms with Gasteiger partial charge in [0, 0.05) is 10.0 Å². The fourth-order valence-corrected chi connectivity index (χ4v) is 4.57. The van der Waals surface area contributed by atoms with E-state index in [4.69, 9.17) is 4.74 Å². The summed E-state index contributed by atoms with van der Waals surface area (Å²) in [6.07, 6.45) is 1.80. The van der Waals surface area contributed by atoms with Crippen molar-refractivity contribution in [1.29, 1.82) is 0 Å². The van der Waals surface area contributed by atoms with Gasteiger partial charge < -0.3 is 10.1 Å². The number of aryl methyl sites for hydroxylation is 1. The number of methoxy groups -OCH3 is 1.